The predicted molar refractivity (Wildman–Crippen MR) is 44.1 cm³/mol. The molecule has 0 bridgehead atoms. The number of hydrogen-bond donors (Lipinski definition) is 0. The maximum atomic E-state index is 13.1. The summed E-state index contributed by atoms with van der Waals surface area (Å²) >= 11 is 0. The molecule has 5 heteroatoms. The molecule has 0 aromatic rings. The van der Waals surface area contributed by atoms with Crippen LogP contribution >= 0.6 is 10.7 Å². The van der Waals surface area contributed by atoms with Crippen molar-refractivity contribution in [2.75, 3.05) is 5.75 Å². The van der Waals surface area contributed by atoms with E-state index in [4.69, 9.17) is 10.7 Å². The van der Waals surface area contributed by atoms with Crippen LogP contribution in [0.1, 0.15) is 26.7 Å². The van der Waals surface area contributed by atoms with Crippen LogP contribution in [-0.4, -0.2) is 19.8 Å². The van der Waals surface area contributed by atoms with Crippen molar-refractivity contribution in [3.8, 4) is 0 Å². The van der Waals surface area contributed by atoms with Crippen molar-refractivity contribution in [3.63, 3.8) is 0 Å². The largest absolute Gasteiger partial charge is 0.243 e. The monoisotopic (exact) mass is 202 g/mol. The lowest BCUT2D eigenvalue weighted by molar-refractivity contribution is 0.204. The molecule has 11 heavy (non-hydrogen) atoms. The van der Waals surface area contributed by atoms with E-state index in [9.17, 15) is 12.8 Å². The molecule has 1 atom stereocenters. The molecule has 0 radical (unpaired) electrons. The highest BCUT2D eigenvalue weighted by Crippen LogP contribution is 2.21. The summed E-state index contributed by atoms with van der Waals surface area (Å²) in [7, 11) is 1.18. The van der Waals surface area contributed by atoms with E-state index in [2.05, 4.69) is 0 Å². The Morgan fingerprint density at radius 2 is 2.00 bits per heavy atom. The molecule has 0 aliphatic rings. The highest BCUT2D eigenvalue weighted by atomic mass is 35.7. The van der Waals surface area contributed by atoms with Gasteiger partial charge in [0.05, 0.1) is 5.75 Å². The molecule has 2 nitrogen and oxygen atoms in total. The van der Waals surface area contributed by atoms with E-state index in [1.165, 1.54) is 6.92 Å². The van der Waals surface area contributed by atoms with E-state index < -0.39 is 20.5 Å². The molecule has 0 N–H and O–H groups in total. The lowest BCUT2D eigenvalue weighted by Crippen LogP contribution is -2.26. The third-order valence-electron chi connectivity index (χ3n) is 1.24. The van der Waals surface area contributed by atoms with Crippen molar-refractivity contribution in [3.05, 3.63) is 0 Å². The molecule has 0 saturated heterocycles. The Morgan fingerprint density at radius 3 is 2.27 bits per heavy atom. The van der Waals surface area contributed by atoms with Crippen LogP contribution < -0.4 is 0 Å². The van der Waals surface area contributed by atoms with E-state index in [-0.39, 0.29) is 6.42 Å². The molecule has 0 spiro atoms. The van der Waals surface area contributed by atoms with Crippen LogP contribution in [0.2, 0.25) is 0 Å². The van der Waals surface area contributed by atoms with Gasteiger partial charge >= 0.3 is 0 Å². The van der Waals surface area contributed by atoms with Crippen LogP contribution in [0, 0.1) is 0 Å². The molecule has 0 aromatic carbocycles. The van der Waals surface area contributed by atoms with Crippen molar-refractivity contribution in [2.45, 2.75) is 32.4 Å². The fourth-order valence-corrected chi connectivity index (χ4v) is 2.50. The first kappa shape index (κ1) is 11.2. The minimum Gasteiger partial charge on any atom is -0.243 e. The number of hydrogen-bond acceptors (Lipinski definition) is 2. The highest BCUT2D eigenvalue weighted by molar-refractivity contribution is 8.13. The fraction of sp³-hybridized carbons (Fsp3) is 1.00. The Hall–Kier alpha value is 0.170. The number of halogens is 2. The van der Waals surface area contributed by atoms with Crippen LogP contribution in [-0.2, 0) is 9.05 Å². The van der Waals surface area contributed by atoms with Gasteiger partial charge in [0.25, 0.3) is 0 Å². The lowest BCUT2D eigenvalue weighted by Gasteiger charge is -2.16. The first-order chi connectivity index (χ1) is 4.77. The van der Waals surface area contributed by atoms with Crippen LogP contribution in [0.25, 0.3) is 0 Å². The van der Waals surface area contributed by atoms with Crippen molar-refractivity contribution in [1.29, 1.82) is 0 Å². The zero-order valence-corrected chi connectivity index (χ0v) is 8.17. The Kier molecular flexibility index (Phi) is 3.77. The molecular weight excluding hydrogens is 191 g/mol. The van der Waals surface area contributed by atoms with Crippen molar-refractivity contribution >= 4 is 19.7 Å². The average Bonchev–Trinajstić information content (AvgIpc) is 1.55. The van der Waals surface area contributed by atoms with E-state index in [1.807, 2.05) is 0 Å². The van der Waals surface area contributed by atoms with E-state index in [0.717, 1.165) is 0 Å². The molecule has 0 saturated carbocycles. The molecule has 0 amide bonds. The summed E-state index contributed by atoms with van der Waals surface area (Å²) in [5, 5.41) is 0. The van der Waals surface area contributed by atoms with Crippen molar-refractivity contribution < 1.29 is 12.8 Å². The van der Waals surface area contributed by atoms with Gasteiger partial charge in [-0.15, -0.1) is 0 Å². The quantitative estimate of drug-likeness (QED) is 0.655. The summed E-state index contributed by atoms with van der Waals surface area (Å²) in [5.41, 5.74) is -1.69. The molecule has 1 unspecified atom stereocenters. The average molecular weight is 203 g/mol. The Labute approximate surface area is 71.2 Å². The molecular formula is C6H12ClFO2S. The van der Waals surface area contributed by atoms with Crippen LogP contribution in [0.15, 0.2) is 0 Å². The van der Waals surface area contributed by atoms with Gasteiger partial charge in [0.15, 0.2) is 0 Å². The SMILES string of the molecule is CCCC(C)(F)CS(=O)(=O)Cl. The summed E-state index contributed by atoms with van der Waals surface area (Å²) in [6.07, 6.45) is 0.832. The standard InChI is InChI=1S/C6H12ClFO2S/c1-3-4-6(2,8)5-11(7,9)10/h3-5H2,1-2H3. The third kappa shape index (κ3) is 6.56. The second-order valence-electron chi connectivity index (χ2n) is 2.85. The summed E-state index contributed by atoms with van der Waals surface area (Å²) in [6.45, 7) is 3.04. The summed E-state index contributed by atoms with van der Waals surface area (Å²) < 4.78 is 34.0. The van der Waals surface area contributed by atoms with E-state index in [1.54, 1.807) is 6.92 Å². The smallest absolute Gasteiger partial charge is 0.235 e. The number of rotatable bonds is 4. The maximum absolute atomic E-state index is 13.1. The minimum absolute atomic E-state index is 0.221. The number of alkyl halides is 1. The zero-order valence-electron chi connectivity index (χ0n) is 6.60. The molecule has 68 valence electrons. The first-order valence-corrected chi connectivity index (χ1v) is 5.86. The maximum Gasteiger partial charge on any atom is 0.235 e. The van der Waals surface area contributed by atoms with Crippen LogP contribution in [0.4, 0.5) is 4.39 Å². The van der Waals surface area contributed by atoms with Gasteiger partial charge in [0, 0.05) is 10.7 Å². The lowest BCUT2D eigenvalue weighted by atomic mass is 10.1. The van der Waals surface area contributed by atoms with Gasteiger partial charge in [-0.2, -0.15) is 0 Å². The van der Waals surface area contributed by atoms with Crippen molar-refractivity contribution in [2.24, 2.45) is 0 Å². The minimum atomic E-state index is -3.71. The summed E-state index contributed by atoms with van der Waals surface area (Å²) in [4.78, 5) is 0. The topological polar surface area (TPSA) is 34.1 Å². The molecule has 0 fully saturated rings. The Balaban J connectivity index is 4.13. The highest BCUT2D eigenvalue weighted by Gasteiger charge is 2.28. The van der Waals surface area contributed by atoms with Crippen molar-refractivity contribution in [1.82, 2.24) is 0 Å². The second kappa shape index (κ2) is 3.72. The van der Waals surface area contributed by atoms with Gasteiger partial charge < -0.3 is 0 Å². The molecule has 0 heterocycles. The predicted octanol–water partition coefficient (Wildman–Crippen LogP) is 2.08. The van der Waals surface area contributed by atoms with E-state index in [0.29, 0.717) is 6.42 Å². The second-order valence-corrected chi connectivity index (χ2v) is 5.62. The zero-order chi connectivity index (χ0) is 9.12. The van der Waals surface area contributed by atoms with Gasteiger partial charge in [-0.3, -0.25) is 0 Å². The summed E-state index contributed by atoms with van der Waals surface area (Å²) in [6, 6.07) is 0. The van der Waals surface area contributed by atoms with Crippen LogP contribution in [0.3, 0.4) is 0 Å². The van der Waals surface area contributed by atoms with Gasteiger partial charge in [-0.25, -0.2) is 12.8 Å². The van der Waals surface area contributed by atoms with Gasteiger partial charge in [-0.1, -0.05) is 13.3 Å². The van der Waals surface area contributed by atoms with Gasteiger partial charge in [-0.05, 0) is 13.3 Å². The molecule has 0 rings (SSSR count). The molecule has 0 aliphatic heterocycles. The van der Waals surface area contributed by atoms with Gasteiger partial charge in [0.1, 0.15) is 5.67 Å². The molecule has 0 aromatic heterocycles. The normalized spacial score (nSPS) is 17.8. The first-order valence-electron chi connectivity index (χ1n) is 3.38. The van der Waals surface area contributed by atoms with Crippen LogP contribution in [0.5, 0.6) is 0 Å². The Morgan fingerprint density at radius 1 is 1.55 bits per heavy atom. The Bertz CT molecular complexity index is 211. The molecule has 0 aliphatic carbocycles. The van der Waals surface area contributed by atoms with Gasteiger partial charge in [0.2, 0.25) is 9.05 Å². The third-order valence-corrected chi connectivity index (χ3v) is 2.52. The van der Waals surface area contributed by atoms with E-state index >= 15 is 0 Å². The summed E-state index contributed by atoms with van der Waals surface area (Å²) in [5.74, 6) is -0.602. The fourth-order valence-electron chi connectivity index (χ4n) is 0.953.